The minimum absolute atomic E-state index is 0.415. The van der Waals surface area contributed by atoms with Crippen LogP contribution in [0.15, 0.2) is 36.7 Å². The number of nitrogens with zero attached hydrogens (tertiary/aromatic N) is 2. The molecule has 4 aliphatic carbocycles. The van der Waals surface area contributed by atoms with Gasteiger partial charge >= 0.3 is 0 Å². The Morgan fingerprint density at radius 3 is 2.03 bits per heavy atom. The fraction of sp³-hybridized carbons (Fsp3) is 0.812. The summed E-state index contributed by atoms with van der Waals surface area (Å²) >= 11 is 0. The summed E-state index contributed by atoms with van der Waals surface area (Å²) in [7, 11) is 0. The van der Waals surface area contributed by atoms with Gasteiger partial charge in [0, 0.05) is 43.0 Å². The second kappa shape index (κ2) is 10.1. The molecule has 1 aliphatic heterocycles. The molecule has 5 aliphatic rings. The van der Waals surface area contributed by atoms with Crippen molar-refractivity contribution in [1.29, 1.82) is 0 Å². The highest BCUT2D eigenvalue weighted by molar-refractivity contribution is 5.17. The minimum atomic E-state index is 0.415. The van der Waals surface area contributed by atoms with Crippen LogP contribution in [0.2, 0.25) is 0 Å². The second-order valence-corrected chi connectivity index (χ2v) is 13.5. The molecule has 1 heterocycles. The Bertz CT molecular complexity index is 754. The highest BCUT2D eigenvalue weighted by Gasteiger charge is 2.43. The second-order valence-electron chi connectivity index (χ2n) is 13.5. The first-order valence-corrected chi connectivity index (χ1v) is 14.9. The molecule has 1 saturated heterocycles. The monoisotopic (exact) mass is 464 g/mol. The van der Waals surface area contributed by atoms with Crippen LogP contribution in [0, 0.1) is 40.9 Å². The minimum Gasteiger partial charge on any atom is -0.372 e. The van der Waals surface area contributed by atoms with Gasteiger partial charge in [0.15, 0.2) is 0 Å². The van der Waals surface area contributed by atoms with Crippen molar-refractivity contribution in [1.82, 2.24) is 9.80 Å². The van der Waals surface area contributed by atoms with Crippen molar-refractivity contribution in [2.45, 2.75) is 97.3 Å². The predicted molar refractivity (Wildman–Crippen MR) is 145 cm³/mol. The molecular formula is C32H52N2. The summed E-state index contributed by atoms with van der Waals surface area (Å²) in [5.41, 5.74) is 4.86. The summed E-state index contributed by atoms with van der Waals surface area (Å²) in [4.78, 5) is 5.18. The van der Waals surface area contributed by atoms with Gasteiger partial charge in [-0.2, -0.15) is 0 Å². The lowest BCUT2D eigenvalue weighted by Crippen LogP contribution is -2.47. The van der Waals surface area contributed by atoms with E-state index in [4.69, 9.17) is 0 Å². The zero-order valence-electron chi connectivity index (χ0n) is 22.5. The number of hydrogen-bond donors (Lipinski definition) is 0. The van der Waals surface area contributed by atoms with Gasteiger partial charge < -0.3 is 9.80 Å². The van der Waals surface area contributed by atoms with Crippen LogP contribution in [0.5, 0.6) is 0 Å². The highest BCUT2D eigenvalue weighted by Crippen LogP contribution is 2.52. The van der Waals surface area contributed by atoms with Crippen LogP contribution >= 0.6 is 0 Å². The Labute approximate surface area is 210 Å². The average Bonchev–Trinajstić information content (AvgIpc) is 3.60. The maximum atomic E-state index is 4.63. The normalized spacial score (nSPS) is 37.6. The number of piperazine rings is 1. The number of rotatable bonds is 8. The fourth-order valence-electron chi connectivity index (χ4n) is 8.02. The Morgan fingerprint density at radius 2 is 1.41 bits per heavy atom. The van der Waals surface area contributed by atoms with E-state index in [9.17, 15) is 0 Å². The molecule has 0 aromatic heterocycles. The molecule has 0 aromatic carbocycles. The van der Waals surface area contributed by atoms with Crippen LogP contribution in [-0.2, 0) is 0 Å². The molecule has 2 heteroatoms. The van der Waals surface area contributed by atoms with Crippen molar-refractivity contribution in [2.75, 3.05) is 26.2 Å². The van der Waals surface area contributed by atoms with Crippen LogP contribution in [0.1, 0.15) is 97.3 Å². The first-order chi connectivity index (χ1) is 16.3. The SMILES string of the molecule is C=C(CC1CCCC(C2CCC(C(=C)N3CCN(C(=C)C4(C)CC4)CC3)CC2)C1)C1CC(C)C1. The van der Waals surface area contributed by atoms with Crippen LogP contribution < -0.4 is 0 Å². The van der Waals surface area contributed by atoms with Crippen molar-refractivity contribution in [3.05, 3.63) is 36.7 Å². The average molecular weight is 465 g/mol. The third-order valence-electron chi connectivity index (χ3n) is 11.0. The Kier molecular flexibility index (Phi) is 7.25. The number of allylic oxidation sites excluding steroid dienone is 3. The van der Waals surface area contributed by atoms with Gasteiger partial charge in [-0.1, -0.05) is 58.4 Å². The topological polar surface area (TPSA) is 6.48 Å². The molecule has 2 nitrogen and oxygen atoms in total. The molecule has 2 unspecified atom stereocenters. The van der Waals surface area contributed by atoms with Gasteiger partial charge in [0.2, 0.25) is 0 Å². The molecule has 190 valence electrons. The zero-order valence-corrected chi connectivity index (χ0v) is 22.5. The molecule has 0 N–H and O–H groups in total. The molecule has 0 aromatic rings. The van der Waals surface area contributed by atoms with Gasteiger partial charge in [-0.15, -0.1) is 0 Å². The van der Waals surface area contributed by atoms with Crippen molar-refractivity contribution < 1.29 is 0 Å². The lowest BCUT2D eigenvalue weighted by atomic mass is 9.65. The summed E-state index contributed by atoms with van der Waals surface area (Å²) in [6, 6.07) is 0. The van der Waals surface area contributed by atoms with Crippen LogP contribution in [0.25, 0.3) is 0 Å². The Balaban J connectivity index is 1.04. The molecule has 0 bridgehead atoms. The van der Waals surface area contributed by atoms with E-state index in [1.807, 2.05) is 0 Å². The first-order valence-electron chi connectivity index (χ1n) is 14.9. The molecule has 0 spiro atoms. The van der Waals surface area contributed by atoms with E-state index in [1.165, 1.54) is 94.9 Å². The van der Waals surface area contributed by atoms with Crippen LogP contribution in [0.4, 0.5) is 0 Å². The van der Waals surface area contributed by atoms with Gasteiger partial charge in [0.25, 0.3) is 0 Å². The fourth-order valence-corrected chi connectivity index (χ4v) is 8.02. The maximum Gasteiger partial charge on any atom is 0.0351 e. The lowest BCUT2D eigenvalue weighted by Gasteiger charge is -2.44. The zero-order chi connectivity index (χ0) is 23.9. The molecule has 0 amide bonds. The van der Waals surface area contributed by atoms with Crippen LogP contribution in [0.3, 0.4) is 0 Å². The van der Waals surface area contributed by atoms with Crippen molar-refractivity contribution in [3.8, 4) is 0 Å². The molecule has 34 heavy (non-hydrogen) atoms. The van der Waals surface area contributed by atoms with Crippen LogP contribution in [-0.4, -0.2) is 36.0 Å². The van der Waals surface area contributed by atoms with E-state index < -0.39 is 0 Å². The number of hydrogen-bond acceptors (Lipinski definition) is 2. The van der Waals surface area contributed by atoms with Gasteiger partial charge in [0.1, 0.15) is 0 Å². The largest absolute Gasteiger partial charge is 0.372 e. The van der Waals surface area contributed by atoms with Crippen molar-refractivity contribution >= 4 is 0 Å². The standard InChI is InChI=1S/C32H52N2/c1-23-19-31(20-23)24(2)21-27-7-6-8-30(22-27)29-11-9-28(10-12-29)25(3)33-15-17-34(18-16-33)26(4)32(5)13-14-32/h23,27-31H,2-4,6-22H2,1,5H3. The van der Waals surface area contributed by atoms with E-state index in [2.05, 4.69) is 43.4 Å². The van der Waals surface area contributed by atoms with E-state index in [-0.39, 0.29) is 0 Å². The van der Waals surface area contributed by atoms with Gasteiger partial charge in [-0.25, -0.2) is 0 Å². The Hall–Kier alpha value is -1.18. The molecular weight excluding hydrogens is 412 g/mol. The van der Waals surface area contributed by atoms with Gasteiger partial charge in [-0.05, 0) is 99.7 Å². The maximum absolute atomic E-state index is 4.63. The lowest BCUT2D eigenvalue weighted by molar-refractivity contribution is 0.123. The predicted octanol–water partition coefficient (Wildman–Crippen LogP) is 8.04. The third-order valence-corrected chi connectivity index (χ3v) is 11.0. The molecule has 0 radical (unpaired) electrons. The van der Waals surface area contributed by atoms with Crippen molar-refractivity contribution in [2.24, 2.45) is 40.9 Å². The smallest absolute Gasteiger partial charge is 0.0351 e. The van der Waals surface area contributed by atoms with E-state index in [1.54, 1.807) is 5.57 Å². The molecule has 4 saturated carbocycles. The first kappa shape index (κ1) is 24.5. The van der Waals surface area contributed by atoms with E-state index >= 15 is 0 Å². The molecule has 5 fully saturated rings. The Morgan fingerprint density at radius 1 is 0.765 bits per heavy atom. The van der Waals surface area contributed by atoms with Gasteiger partial charge in [-0.3, -0.25) is 0 Å². The summed E-state index contributed by atoms with van der Waals surface area (Å²) in [5.74, 6) is 5.42. The van der Waals surface area contributed by atoms with Crippen molar-refractivity contribution in [3.63, 3.8) is 0 Å². The third kappa shape index (κ3) is 5.31. The summed E-state index contributed by atoms with van der Waals surface area (Å²) in [6.45, 7) is 22.9. The van der Waals surface area contributed by atoms with E-state index in [0.717, 1.165) is 61.7 Å². The summed E-state index contributed by atoms with van der Waals surface area (Å²) < 4.78 is 0. The quantitative estimate of drug-likeness (QED) is 0.335. The highest BCUT2D eigenvalue weighted by atomic mass is 15.3. The summed E-state index contributed by atoms with van der Waals surface area (Å²) in [6.07, 6.45) is 18.4. The molecule has 5 rings (SSSR count). The van der Waals surface area contributed by atoms with Gasteiger partial charge in [0.05, 0.1) is 0 Å². The van der Waals surface area contributed by atoms with E-state index in [0.29, 0.717) is 5.41 Å². The summed E-state index contributed by atoms with van der Waals surface area (Å²) in [5, 5.41) is 0. The molecule has 2 atom stereocenters.